The number of aromatic nitrogens is 2. The van der Waals surface area contributed by atoms with Gasteiger partial charge in [0.2, 0.25) is 0 Å². The summed E-state index contributed by atoms with van der Waals surface area (Å²) in [6.45, 7) is 6.91. The first-order valence-electron chi connectivity index (χ1n) is 4.67. The highest BCUT2D eigenvalue weighted by molar-refractivity contribution is 9.10. The molecule has 0 saturated carbocycles. The molecule has 14 heavy (non-hydrogen) atoms. The van der Waals surface area contributed by atoms with Crippen LogP contribution in [0.15, 0.2) is 10.7 Å². The van der Waals surface area contributed by atoms with Gasteiger partial charge in [-0.1, -0.05) is 20.8 Å². The molecule has 0 fully saturated rings. The number of nitrogens with two attached hydrogens (primary N) is 1. The van der Waals surface area contributed by atoms with Gasteiger partial charge in [-0.05, 0) is 22.5 Å². The van der Waals surface area contributed by atoms with Crippen molar-refractivity contribution in [3.05, 3.63) is 22.2 Å². The minimum absolute atomic E-state index is 0.00987. The number of halogens is 1. The van der Waals surface area contributed by atoms with Gasteiger partial charge < -0.3 is 5.73 Å². The molecule has 0 spiro atoms. The van der Waals surface area contributed by atoms with Crippen molar-refractivity contribution in [2.45, 2.75) is 32.6 Å². The van der Waals surface area contributed by atoms with Crippen LogP contribution >= 0.6 is 15.9 Å². The molecule has 0 amide bonds. The summed E-state index contributed by atoms with van der Waals surface area (Å²) < 4.78 is 0.941. The summed E-state index contributed by atoms with van der Waals surface area (Å²) in [6.07, 6.45) is 2.59. The van der Waals surface area contributed by atoms with Gasteiger partial charge >= 0.3 is 0 Å². The molecule has 1 aromatic rings. The van der Waals surface area contributed by atoms with Crippen LogP contribution in [0.1, 0.15) is 32.3 Å². The van der Waals surface area contributed by atoms with Crippen LogP contribution in [0.2, 0.25) is 0 Å². The molecule has 78 valence electrons. The smallest absolute Gasteiger partial charge is 0.133 e. The Morgan fingerprint density at radius 2 is 2.07 bits per heavy atom. The fraction of sp³-hybridized carbons (Fsp3) is 0.600. The molecule has 0 aliphatic rings. The highest BCUT2D eigenvalue weighted by atomic mass is 79.9. The van der Waals surface area contributed by atoms with E-state index in [0.717, 1.165) is 22.4 Å². The second kappa shape index (κ2) is 4.36. The van der Waals surface area contributed by atoms with Gasteiger partial charge in [0.15, 0.2) is 0 Å². The molecule has 0 aliphatic heterocycles. The van der Waals surface area contributed by atoms with Gasteiger partial charge in [-0.2, -0.15) is 0 Å². The predicted molar refractivity (Wildman–Crippen MR) is 61.2 cm³/mol. The predicted octanol–water partition coefficient (Wildman–Crippen LogP) is 2.04. The van der Waals surface area contributed by atoms with E-state index in [4.69, 9.17) is 5.73 Å². The topological polar surface area (TPSA) is 51.8 Å². The lowest BCUT2D eigenvalue weighted by molar-refractivity contribution is 0.540. The standard InChI is InChI=1S/C10H16BrN3/c1-10(2,3)9-13-6-7(11)8(14-9)4-5-12/h6H,4-5,12H2,1-3H3. The molecular formula is C10H16BrN3. The van der Waals surface area contributed by atoms with Crippen molar-refractivity contribution >= 4 is 15.9 Å². The monoisotopic (exact) mass is 257 g/mol. The maximum absolute atomic E-state index is 5.51. The number of hydrogen-bond donors (Lipinski definition) is 1. The third-order valence-corrected chi connectivity index (χ3v) is 2.53. The van der Waals surface area contributed by atoms with Crippen molar-refractivity contribution in [3.8, 4) is 0 Å². The van der Waals surface area contributed by atoms with Crippen LogP contribution in [0.5, 0.6) is 0 Å². The molecule has 3 nitrogen and oxygen atoms in total. The summed E-state index contributed by atoms with van der Waals surface area (Å²) in [5.41, 5.74) is 6.49. The van der Waals surface area contributed by atoms with Crippen molar-refractivity contribution in [2.75, 3.05) is 6.54 Å². The Hall–Kier alpha value is -0.480. The lowest BCUT2D eigenvalue weighted by Crippen LogP contribution is -2.18. The summed E-state index contributed by atoms with van der Waals surface area (Å²) in [5.74, 6) is 0.865. The van der Waals surface area contributed by atoms with E-state index in [-0.39, 0.29) is 5.41 Å². The quantitative estimate of drug-likeness (QED) is 0.883. The summed E-state index contributed by atoms with van der Waals surface area (Å²) in [7, 11) is 0. The van der Waals surface area contributed by atoms with E-state index in [1.165, 1.54) is 0 Å². The van der Waals surface area contributed by atoms with Crippen molar-refractivity contribution in [2.24, 2.45) is 5.73 Å². The van der Waals surface area contributed by atoms with Crippen molar-refractivity contribution in [3.63, 3.8) is 0 Å². The Kier molecular flexibility index (Phi) is 3.61. The van der Waals surface area contributed by atoms with E-state index < -0.39 is 0 Å². The van der Waals surface area contributed by atoms with Gasteiger partial charge in [-0.15, -0.1) is 0 Å². The van der Waals surface area contributed by atoms with Crippen molar-refractivity contribution in [1.29, 1.82) is 0 Å². The lowest BCUT2D eigenvalue weighted by Gasteiger charge is -2.17. The first-order valence-corrected chi connectivity index (χ1v) is 5.46. The Balaban J connectivity index is 3.06. The number of hydrogen-bond acceptors (Lipinski definition) is 3. The van der Waals surface area contributed by atoms with Crippen LogP contribution in [-0.4, -0.2) is 16.5 Å². The average Bonchev–Trinajstić information content (AvgIpc) is 2.07. The van der Waals surface area contributed by atoms with E-state index in [2.05, 4.69) is 46.7 Å². The molecule has 1 heterocycles. The zero-order chi connectivity index (χ0) is 10.8. The summed E-state index contributed by atoms with van der Waals surface area (Å²) in [4.78, 5) is 8.79. The maximum atomic E-state index is 5.51. The zero-order valence-electron chi connectivity index (χ0n) is 8.84. The largest absolute Gasteiger partial charge is 0.330 e. The van der Waals surface area contributed by atoms with E-state index in [9.17, 15) is 0 Å². The molecule has 1 aromatic heterocycles. The van der Waals surface area contributed by atoms with Gasteiger partial charge in [0.25, 0.3) is 0 Å². The van der Waals surface area contributed by atoms with Gasteiger partial charge in [-0.3, -0.25) is 0 Å². The summed E-state index contributed by atoms with van der Waals surface area (Å²) in [6, 6.07) is 0. The molecule has 0 unspecified atom stereocenters. The van der Waals surface area contributed by atoms with Gasteiger partial charge in [-0.25, -0.2) is 9.97 Å². The Bertz CT molecular complexity index is 318. The molecule has 0 bridgehead atoms. The van der Waals surface area contributed by atoms with E-state index in [1.54, 1.807) is 6.20 Å². The minimum Gasteiger partial charge on any atom is -0.330 e. The van der Waals surface area contributed by atoms with Gasteiger partial charge in [0, 0.05) is 18.0 Å². The SMILES string of the molecule is CC(C)(C)c1ncc(Br)c(CCN)n1. The normalized spacial score (nSPS) is 11.8. The molecule has 0 aromatic carbocycles. The zero-order valence-corrected chi connectivity index (χ0v) is 10.4. The molecule has 0 saturated heterocycles. The molecule has 0 atom stereocenters. The fourth-order valence-electron chi connectivity index (χ4n) is 1.08. The molecule has 2 N–H and O–H groups in total. The van der Waals surface area contributed by atoms with Crippen molar-refractivity contribution < 1.29 is 0 Å². The van der Waals surface area contributed by atoms with Crippen LogP contribution in [0.3, 0.4) is 0 Å². The van der Waals surface area contributed by atoms with Gasteiger partial charge in [0.1, 0.15) is 5.82 Å². The highest BCUT2D eigenvalue weighted by Crippen LogP contribution is 2.21. The van der Waals surface area contributed by atoms with Crippen LogP contribution in [0.25, 0.3) is 0 Å². The molecule has 1 rings (SSSR count). The first-order chi connectivity index (χ1) is 6.45. The van der Waals surface area contributed by atoms with E-state index in [0.29, 0.717) is 6.54 Å². The highest BCUT2D eigenvalue weighted by Gasteiger charge is 2.18. The number of rotatable bonds is 2. The fourth-order valence-corrected chi connectivity index (χ4v) is 1.47. The van der Waals surface area contributed by atoms with Crippen molar-refractivity contribution in [1.82, 2.24) is 9.97 Å². The average molecular weight is 258 g/mol. The molecule has 0 aliphatic carbocycles. The summed E-state index contributed by atoms with van der Waals surface area (Å²) >= 11 is 3.42. The van der Waals surface area contributed by atoms with Crippen LogP contribution in [0.4, 0.5) is 0 Å². The molecular weight excluding hydrogens is 242 g/mol. The van der Waals surface area contributed by atoms with Crippen LogP contribution < -0.4 is 5.73 Å². The third-order valence-electron chi connectivity index (χ3n) is 1.87. The van der Waals surface area contributed by atoms with E-state index >= 15 is 0 Å². The first kappa shape index (κ1) is 11.6. The third kappa shape index (κ3) is 2.75. The Morgan fingerprint density at radius 3 is 2.57 bits per heavy atom. The molecule has 0 radical (unpaired) electrons. The second-order valence-electron chi connectivity index (χ2n) is 4.28. The van der Waals surface area contributed by atoms with Crippen LogP contribution in [0, 0.1) is 0 Å². The Morgan fingerprint density at radius 1 is 1.43 bits per heavy atom. The van der Waals surface area contributed by atoms with Gasteiger partial charge in [0.05, 0.1) is 10.2 Å². The maximum Gasteiger partial charge on any atom is 0.133 e. The lowest BCUT2D eigenvalue weighted by atomic mass is 9.95. The molecule has 4 heteroatoms. The van der Waals surface area contributed by atoms with E-state index in [1.807, 2.05) is 0 Å². The minimum atomic E-state index is -0.00987. The van der Waals surface area contributed by atoms with Crippen LogP contribution in [-0.2, 0) is 11.8 Å². The second-order valence-corrected chi connectivity index (χ2v) is 5.13. The summed E-state index contributed by atoms with van der Waals surface area (Å²) in [5, 5.41) is 0. The number of nitrogens with zero attached hydrogens (tertiary/aromatic N) is 2. The Labute approximate surface area is 93.3 Å².